The highest BCUT2D eigenvalue weighted by atomic mass is 35.5. The maximum absolute atomic E-state index is 13.2. The Labute approximate surface area is 228 Å². The maximum atomic E-state index is 13.2. The van der Waals surface area contributed by atoms with Gasteiger partial charge in [-0.15, -0.1) is 0 Å². The molecule has 2 aromatic heterocycles. The van der Waals surface area contributed by atoms with Gasteiger partial charge in [0, 0.05) is 33.6 Å². The molecule has 0 aliphatic carbocycles. The zero-order valence-corrected chi connectivity index (χ0v) is 21.5. The summed E-state index contributed by atoms with van der Waals surface area (Å²) in [4.78, 5) is 30.9. The van der Waals surface area contributed by atoms with Gasteiger partial charge < -0.3 is 9.73 Å². The number of amides is 1. The Morgan fingerprint density at radius 3 is 2.36 bits per heavy atom. The molecule has 0 aliphatic rings. The number of para-hydroxylation sites is 1. The van der Waals surface area contributed by atoms with Crippen LogP contribution < -0.4 is 5.32 Å². The summed E-state index contributed by atoms with van der Waals surface area (Å²) in [5.41, 5.74) is 6.40. The molecule has 8 heteroatoms. The van der Waals surface area contributed by atoms with Crippen LogP contribution in [0.2, 0.25) is 5.02 Å². The predicted octanol–water partition coefficient (Wildman–Crippen LogP) is 7.33. The lowest BCUT2D eigenvalue weighted by atomic mass is 9.98. The molecule has 0 aliphatic heterocycles. The number of nitrogens with zero attached hydrogens (tertiary/aromatic N) is 2. The summed E-state index contributed by atoms with van der Waals surface area (Å²) >= 11 is 5.95. The molecule has 2 N–H and O–H groups in total. The minimum absolute atomic E-state index is 0.256. The number of H-pyrrole nitrogens is 1. The van der Waals surface area contributed by atoms with Gasteiger partial charge in [0.1, 0.15) is 11.2 Å². The predicted molar refractivity (Wildman–Crippen MR) is 151 cm³/mol. The number of fused-ring (bicyclic) bond motifs is 1. The average molecular weight is 533 g/mol. The molecule has 39 heavy (non-hydrogen) atoms. The van der Waals surface area contributed by atoms with Gasteiger partial charge in [-0.3, -0.25) is 14.7 Å². The number of hydrogen-bond donors (Lipinski definition) is 2. The molecule has 0 radical (unpaired) electrons. The number of carbonyl (C=O) groups excluding carboxylic acids is 2. The van der Waals surface area contributed by atoms with Gasteiger partial charge in [0.05, 0.1) is 11.1 Å². The van der Waals surface area contributed by atoms with E-state index in [2.05, 4.69) is 20.5 Å². The summed E-state index contributed by atoms with van der Waals surface area (Å²) in [6, 6.07) is 26.4. The van der Waals surface area contributed by atoms with E-state index < -0.39 is 0 Å². The van der Waals surface area contributed by atoms with Gasteiger partial charge in [-0.25, -0.2) is 4.98 Å². The molecule has 0 atom stereocenters. The summed E-state index contributed by atoms with van der Waals surface area (Å²) in [7, 11) is 0. The van der Waals surface area contributed by atoms with Gasteiger partial charge in [-0.2, -0.15) is 5.10 Å². The maximum Gasteiger partial charge on any atom is 0.256 e. The van der Waals surface area contributed by atoms with Crippen molar-refractivity contribution >= 4 is 40.1 Å². The van der Waals surface area contributed by atoms with E-state index in [4.69, 9.17) is 16.0 Å². The number of aromatic amines is 1. The van der Waals surface area contributed by atoms with Gasteiger partial charge in [-0.1, -0.05) is 54.1 Å². The second kappa shape index (κ2) is 10.0. The Bertz CT molecular complexity index is 1840. The summed E-state index contributed by atoms with van der Waals surface area (Å²) < 4.78 is 5.99. The Morgan fingerprint density at radius 2 is 1.62 bits per heavy atom. The third kappa shape index (κ3) is 4.71. The van der Waals surface area contributed by atoms with E-state index in [-0.39, 0.29) is 17.3 Å². The number of nitrogens with one attached hydrogen (secondary N) is 2. The van der Waals surface area contributed by atoms with Crippen LogP contribution in [0.1, 0.15) is 31.8 Å². The molecular formula is C31H21ClN4O3. The number of ketones is 1. The molecule has 0 unspecified atom stereocenters. The van der Waals surface area contributed by atoms with Crippen molar-refractivity contribution in [1.82, 2.24) is 15.2 Å². The van der Waals surface area contributed by atoms with Crippen molar-refractivity contribution in [2.75, 3.05) is 5.32 Å². The standard InChI is InChI=1S/C31H21ClN4O3/c1-18-5-4-8-26-27(18)35-31(39-26)25-17-33-36-28(25)19-11-15-22(16-12-19)34-30(38)24-7-3-2-6-23(24)29(37)20-9-13-21(32)14-10-20/h2-17H,1H3,(H,33,36)(H,34,38). The van der Waals surface area contributed by atoms with E-state index in [0.29, 0.717) is 39.0 Å². The Balaban J connectivity index is 1.24. The smallest absolute Gasteiger partial charge is 0.256 e. The Morgan fingerprint density at radius 1 is 0.872 bits per heavy atom. The van der Waals surface area contributed by atoms with Crippen LogP contribution in [-0.2, 0) is 0 Å². The van der Waals surface area contributed by atoms with Gasteiger partial charge >= 0.3 is 0 Å². The molecule has 0 fully saturated rings. The van der Waals surface area contributed by atoms with Crippen LogP contribution in [0, 0.1) is 6.92 Å². The van der Waals surface area contributed by atoms with Gasteiger partial charge in [-0.05, 0) is 61.0 Å². The number of hydrogen-bond acceptors (Lipinski definition) is 5. The quantitative estimate of drug-likeness (QED) is 0.219. The molecule has 6 rings (SSSR count). The second-order valence-corrected chi connectivity index (χ2v) is 9.44. The van der Waals surface area contributed by atoms with Crippen molar-refractivity contribution in [1.29, 1.82) is 0 Å². The first-order valence-electron chi connectivity index (χ1n) is 12.2. The van der Waals surface area contributed by atoms with Gasteiger partial charge in [0.15, 0.2) is 11.4 Å². The Hall–Kier alpha value is -5.01. The number of anilines is 1. The van der Waals surface area contributed by atoms with Crippen molar-refractivity contribution in [3.05, 3.63) is 124 Å². The lowest BCUT2D eigenvalue weighted by Gasteiger charge is -2.10. The third-order valence-corrected chi connectivity index (χ3v) is 6.68. The zero-order valence-electron chi connectivity index (χ0n) is 20.7. The first kappa shape index (κ1) is 24.3. The fourth-order valence-electron chi connectivity index (χ4n) is 4.42. The van der Waals surface area contributed by atoms with E-state index in [1.54, 1.807) is 66.9 Å². The molecule has 6 aromatic rings. The van der Waals surface area contributed by atoms with E-state index in [1.165, 1.54) is 0 Å². The molecule has 0 bridgehead atoms. The van der Waals surface area contributed by atoms with Crippen LogP contribution in [0.15, 0.2) is 102 Å². The molecule has 190 valence electrons. The number of aromatic nitrogens is 3. The highest BCUT2D eigenvalue weighted by molar-refractivity contribution is 6.30. The van der Waals surface area contributed by atoms with E-state index in [9.17, 15) is 9.59 Å². The average Bonchev–Trinajstić information content (AvgIpc) is 3.62. The van der Waals surface area contributed by atoms with Crippen LogP contribution >= 0.6 is 11.6 Å². The summed E-state index contributed by atoms with van der Waals surface area (Å²) in [5, 5.41) is 10.7. The topological polar surface area (TPSA) is 101 Å². The summed E-state index contributed by atoms with van der Waals surface area (Å²) in [6.45, 7) is 1.99. The number of halogens is 1. The number of oxazole rings is 1. The zero-order chi connectivity index (χ0) is 26.9. The van der Waals surface area contributed by atoms with Crippen LogP contribution in [0.5, 0.6) is 0 Å². The highest BCUT2D eigenvalue weighted by Gasteiger charge is 2.20. The first-order chi connectivity index (χ1) is 19.0. The van der Waals surface area contributed by atoms with Crippen molar-refractivity contribution in [2.45, 2.75) is 6.92 Å². The number of benzene rings is 4. The van der Waals surface area contributed by atoms with Crippen LogP contribution in [0.25, 0.3) is 33.8 Å². The summed E-state index contributed by atoms with van der Waals surface area (Å²) in [6.07, 6.45) is 1.75. The normalized spacial score (nSPS) is 11.0. The van der Waals surface area contributed by atoms with Gasteiger partial charge in [0.25, 0.3) is 5.91 Å². The monoisotopic (exact) mass is 532 g/mol. The molecule has 2 heterocycles. The van der Waals surface area contributed by atoms with Crippen molar-refractivity contribution in [3.63, 3.8) is 0 Å². The summed E-state index contributed by atoms with van der Waals surface area (Å²) in [5.74, 6) is -0.168. The largest absolute Gasteiger partial charge is 0.436 e. The molecule has 4 aromatic carbocycles. The van der Waals surface area contributed by atoms with Crippen molar-refractivity contribution < 1.29 is 14.0 Å². The molecule has 7 nitrogen and oxygen atoms in total. The number of aryl methyl sites for hydroxylation is 1. The lowest BCUT2D eigenvalue weighted by Crippen LogP contribution is -2.16. The molecular weight excluding hydrogens is 512 g/mol. The van der Waals surface area contributed by atoms with Crippen LogP contribution in [-0.4, -0.2) is 26.9 Å². The number of rotatable bonds is 6. The van der Waals surface area contributed by atoms with E-state index in [0.717, 1.165) is 22.2 Å². The van der Waals surface area contributed by atoms with Gasteiger partial charge in [0.2, 0.25) is 5.89 Å². The van der Waals surface area contributed by atoms with E-state index in [1.807, 2.05) is 37.3 Å². The van der Waals surface area contributed by atoms with Crippen LogP contribution in [0.4, 0.5) is 5.69 Å². The minimum atomic E-state index is -0.386. The fraction of sp³-hybridized carbons (Fsp3) is 0.0323. The minimum Gasteiger partial charge on any atom is -0.436 e. The second-order valence-electron chi connectivity index (χ2n) is 9.00. The highest BCUT2D eigenvalue weighted by Crippen LogP contribution is 2.33. The molecule has 0 spiro atoms. The molecule has 1 amide bonds. The third-order valence-electron chi connectivity index (χ3n) is 6.43. The molecule has 0 saturated heterocycles. The number of carbonyl (C=O) groups is 2. The first-order valence-corrected chi connectivity index (χ1v) is 12.6. The van der Waals surface area contributed by atoms with Crippen molar-refractivity contribution in [3.8, 4) is 22.7 Å². The van der Waals surface area contributed by atoms with E-state index >= 15 is 0 Å². The van der Waals surface area contributed by atoms with Crippen molar-refractivity contribution in [2.24, 2.45) is 0 Å². The Kier molecular flexibility index (Phi) is 6.26. The SMILES string of the molecule is Cc1cccc2oc(-c3c[nH]nc3-c3ccc(NC(=O)c4ccccc4C(=O)c4ccc(Cl)cc4)cc3)nc12. The molecule has 0 saturated carbocycles. The fourth-order valence-corrected chi connectivity index (χ4v) is 4.55. The lowest BCUT2D eigenvalue weighted by molar-refractivity contribution is 0.0996. The van der Waals surface area contributed by atoms with Crippen LogP contribution in [0.3, 0.4) is 0 Å².